The van der Waals surface area contributed by atoms with Crippen LogP contribution < -0.4 is 10.6 Å². The lowest BCUT2D eigenvalue weighted by atomic mass is 10.2. The minimum absolute atomic E-state index is 0.0827. The maximum Gasteiger partial charge on any atom is 0.251 e. The summed E-state index contributed by atoms with van der Waals surface area (Å²) >= 11 is 5.04. The fourth-order valence-electron chi connectivity index (χ4n) is 2.53. The molecule has 7 heteroatoms. The molecule has 0 bridgehead atoms. The lowest BCUT2D eigenvalue weighted by Crippen LogP contribution is -2.23. The van der Waals surface area contributed by atoms with Crippen LogP contribution in [0, 0.1) is 0 Å². The second kappa shape index (κ2) is 10.8. The van der Waals surface area contributed by atoms with Crippen molar-refractivity contribution < 1.29 is 9.59 Å². The van der Waals surface area contributed by atoms with Crippen LogP contribution in [0.15, 0.2) is 82.3 Å². The van der Waals surface area contributed by atoms with Crippen LogP contribution in [0.1, 0.15) is 22.5 Å². The molecule has 29 heavy (non-hydrogen) atoms. The fraction of sp³-hybridized carbons (Fsp3) is 0.136. The van der Waals surface area contributed by atoms with E-state index in [0.717, 1.165) is 15.1 Å². The summed E-state index contributed by atoms with van der Waals surface area (Å²) in [5.41, 5.74) is 1.88. The summed E-state index contributed by atoms with van der Waals surface area (Å²) in [4.78, 5) is 29.9. The Morgan fingerprint density at radius 3 is 2.59 bits per heavy atom. The zero-order chi connectivity index (χ0) is 20.5. The Balaban J connectivity index is 1.47. The second-order valence-corrected chi connectivity index (χ2v) is 8.27. The number of carbonyl (C=O) groups excluding carboxylic acids is 2. The van der Waals surface area contributed by atoms with E-state index in [9.17, 15) is 9.59 Å². The van der Waals surface area contributed by atoms with Gasteiger partial charge in [-0.3, -0.25) is 14.6 Å². The Morgan fingerprint density at radius 2 is 1.83 bits per heavy atom. The molecule has 0 saturated carbocycles. The normalized spacial score (nSPS) is 10.4. The maximum absolute atomic E-state index is 12.4. The smallest absolute Gasteiger partial charge is 0.251 e. The summed E-state index contributed by atoms with van der Waals surface area (Å²) in [7, 11) is 0. The number of halogens is 1. The highest BCUT2D eigenvalue weighted by Gasteiger charge is 2.08. The molecule has 0 aliphatic heterocycles. The number of nitrogens with zero attached hydrogens (tertiary/aromatic N) is 1. The van der Waals surface area contributed by atoms with Gasteiger partial charge in [-0.25, -0.2) is 0 Å². The highest BCUT2D eigenvalue weighted by molar-refractivity contribution is 9.10. The average Bonchev–Trinajstić information content (AvgIpc) is 2.74. The number of hydrogen-bond donors (Lipinski definition) is 2. The molecule has 0 unspecified atom stereocenters. The van der Waals surface area contributed by atoms with E-state index in [0.29, 0.717) is 30.0 Å². The summed E-state index contributed by atoms with van der Waals surface area (Å²) in [6.07, 6.45) is 2.07. The number of anilines is 1. The van der Waals surface area contributed by atoms with Crippen molar-refractivity contribution in [3.8, 4) is 0 Å². The van der Waals surface area contributed by atoms with Gasteiger partial charge >= 0.3 is 0 Å². The summed E-state index contributed by atoms with van der Waals surface area (Å²) in [5.74, 6) is 0.385. The Kier molecular flexibility index (Phi) is 7.84. The van der Waals surface area contributed by atoms with E-state index >= 15 is 0 Å². The number of nitrogens with one attached hydrogen (secondary N) is 2. The molecular formula is C22H20BrN3O2S. The second-order valence-electron chi connectivity index (χ2n) is 6.19. The van der Waals surface area contributed by atoms with Gasteiger partial charge in [0, 0.05) is 39.0 Å². The van der Waals surface area contributed by atoms with Gasteiger partial charge in [0.15, 0.2) is 0 Å². The summed E-state index contributed by atoms with van der Waals surface area (Å²) in [6, 6.07) is 20.5. The third kappa shape index (κ3) is 7.03. The molecular weight excluding hydrogens is 450 g/mol. The number of pyridine rings is 1. The van der Waals surface area contributed by atoms with E-state index in [4.69, 9.17) is 0 Å². The minimum Gasteiger partial charge on any atom is -0.346 e. The predicted octanol–water partition coefficient (Wildman–Crippen LogP) is 4.90. The van der Waals surface area contributed by atoms with Gasteiger partial charge in [0.2, 0.25) is 5.91 Å². The topological polar surface area (TPSA) is 71.1 Å². The van der Waals surface area contributed by atoms with Crippen molar-refractivity contribution in [2.75, 3.05) is 11.1 Å². The molecule has 5 nitrogen and oxygen atoms in total. The number of hydrogen-bond acceptors (Lipinski definition) is 4. The van der Waals surface area contributed by atoms with Crippen molar-refractivity contribution in [3.05, 3.63) is 88.7 Å². The van der Waals surface area contributed by atoms with E-state index in [2.05, 4.69) is 31.5 Å². The first kappa shape index (κ1) is 21.1. The minimum atomic E-state index is -0.211. The molecule has 2 aromatic carbocycles. The van der Waals surface area contributed by atoms with E-state index in [1.54, 1.807) is 42.2 Å². The van der Waals surface area contributed by atoms with Gasteiger partial charge in [-0.1, -0.05) is 28.1 Å². The van der Waals surface area contributed by atoms with Gasteiger partial charge in [-0.2, -0.15) is 0 Å². The van der Waals surface area contributed by atoms with Crippen LogP contribution in [0.2, 0.25) is 0 Å². The zero-order valence-corrected chi connectivity index (χ0v) is 18.0. The standard InChI is InChI=1S/C22H20BrN3O2S/c23-17-7-9-20(10-8-17)29-13-11-21(27)26-18-6-3-4-16(14-18)22(28)25-15-19-5-1-2-12-24-19/h1-10,12,14H,11,13,15H2,(H,25,28)(H,26,27). The van der Waals surface area contributed by atoms with Gasteiger partial charge in [0.25, 0.3) is 5.91 Å². The monoisotopic (exact) mass is 469 g/mol. The number of carbonyl (C=O) groups is 2. The molecule has 0 atom stereocenters. The molecule has 2 N–H and O–H groups in total. The number of amides is 2. The highest BCUT2D eigenvalue weighted by atomic mass is 79.9. The van der Waals surface area contributed by atoms with E-state index in [1.807, 2.05) is 42.5 Å². The van der Waals surface area contributed by atoms with Gasteiger partial charge in [0.1, 0.15) is 0 Å². The van der Waals surface area contributed by atoms with Gasteiger partial charge in [0.05, 0.1) is 12.2 Å². The van der Waals surface area contributed by atoms with Gasteiger partial charge in [-0.05, 0) is 54.6 Å². The average molecular weight is 470 g/mol. The van der Waals surface area contributed by atoms with Crippen molar-refractivity contribution in [3.63, 3.8) is 0 Å². The van der Waals surface area contributed by atoms with Crippen LogP contribution in [0.25, 0.3) is 0 Å². The molecule has 0 fully saturated rings. The molecule has 3 aromatic rings. The number of rotatable bonds is 8. The molecule has 0 radical (unpaired) electrons. The van der Waals surface area contributed by atoms with Crippen LogP contribution in [0.4, 0.5) is 5.69 Å². The summed E-state index contributed by atoms with van der Waals surface area (Å²) < 4.78 is 1.03. The molecule has 148 valence electrons. The van der Waals surface area contributed by atoms with Crippen molar-refractivity contribution in [2.45, 2.75) is 17.9 Å². The van der Waals surface area contributed by atoms with Crippen molar-refractivity contribution >= 4 is 45.2 Å². The van der Waals surface area contributed by atoms with Gasteiger partial charge in [-0.15, -0.1) is 11.8 Å². The predicted molar refractivity (Wildman–Crippen MR) is 120 cm³/mol. The Morgan fingerprint density at radius 1 is 1.00 bits per heavy atom. The Bertz CT molecular complexity index is 965. The van der Waals surface area contributed by atoms with Crippen LogP contribution in [0.5, 0.6) is 0 Å². The number of aromatic nitrogens is 1. The molecule has 3 rings (SSSR count). The largest absolute Gasteiger partial charge is 0.346 e. The first-order valence-electron chi connectivity index (χ1n) is 9.06. The zero-order valence-electron chi connectivity index (χ0n) is 15.6. The lowest BCUT2D eigenvalue weighted by Gasteiger charge is -2.08. The molecule has 0 aliphatic rings. The first-order chi connectivity index (χ1) is 14.1. The molecule has 2 amide bonds. The van der Waals surface area contributed by atoms with Crippen molar-refractivity contribution in [1.82, 2.24) is 10.3 Å². The Hall–Kier alpha value is -2.64. The summed E-state index contributed by atoms with van der Waals surface area (Å²) in [6.45, 7) is 0.351. The van der Waals surface area contributed by atoms with Crippen LogP contribution in [0.3, 0.4) is 0 Å². The molecule has 0 spiro atoms. The van der Waals surface area contributed by atoms with E-state index < -0.39 is 0 Å². The van der Waals surface area contributed by atoms with Gasteiger partial charge < -0.3 is 10.6 Å². The molecule has 0 saturated heterocycles. The molecule has 0 aliphatic carbocycles. The lowest BCUT2D eigenvalue weighted by molar-refractivity contribution is -0.115. The van der Waals surface area contributed by atoms with Crippen molar-refractivity contribution in [2.24, 2.45) is 0 Å². The number of thioether (sulfide) groups is 1. The van der Waals surface area contributed by atoms with Crippen LogP contribution in [-0.2, 0) is 11.3 Å². The van der Waals surface area contributed by atoms with E-state index in [-0.39, 0.29) is 11.8 Å². The van der Waals surface area contributed by atoms with Crippen LogP contribution >= 0.6 is 27.7 Å². The number of benzene rings is 2. The first-order valence-corrected chi connectivity index (χ1v) is 10.8. The highest BCUT2D eigenvalue weighted by Crippen LogP contribution is 2.21. The molecule has 1 heterocycles. The third-order valence-corrected chi connectivity index (χ3v) is 5.52. The quantitative estimate of drug-likeness (QED) is 0.460. The SMILES string of the molecule is O=C(CCSc1ccc(Br)cc1)Nc1cccc(C(=O)NCc2ccccn2)c1. The van der Waals surface area contributed by atoms with Crippen LogP contribution in [-0.4, -0.2) is 22.6 Å². The maximum atomic E-state index is 12.4. The third-order valence-electron chi connectivity index (χ3n) is 3.98. The van der Waals surface area contributed by atoms with Crippen molar-refractivity contribution in [1.29, 1.82) is 0 Å². The molecule has 1 aromatic heterocycles. The summed E-state index contributed by atoms with van der Waals surface area (Å²) in [5, 5.41) is 5.69. The Labute approximate surface area is 182 Å². The van der Waals surface area contributed by atoms with E-state index in [1.165, 1.54) is 0 Å². The fourth-order valence-corrected chi connectivity index (χ4v) is 3.65.